The zero-order valence-corrected chi connectivity index (χ0v) is 21.3. The number of halogens is 1. The van der Waals surface area contributed by atoms with Crippen LogP contribution in [-0.4, -0.2) is 30.9 Å². The summed E-state index contributed by atoms with van der Waals surface area (Å²) in [6.45, 7) is 2.10. The maximum Gasteiger partial charge on any atom is 0.338 e. The summed E-state index contributed by atoms with van der Waals surface area (Å²) >= 11 is 7.87. The fourth-order valence-electron chi connectivity index (χ4n) is 4.39. The van der Waals surface area contributed by atoms with Crippen molar-refractivity contribution in [2.75, 3.05) is 20.3 Å². The molecule has 3 aromatic carbocycles. The fourth-order valence-corrected chi connectivity index (χ4v) is 5.66. The van der Waals surface area contributed by atoms with Crippen molar-refractivity contribution in [2.24, 2.45) is 4.99 Å². The monoisotopic (exact) mass is 518 g/mol. The van der Waals surface area contributed by atoms with Crippen LogP contribution in [0.4, 0.5) is 0 Å². The Hall–Kier alpha value is -3.52. The molecule has 5 rings (SSSR count). The van der Waals surface area contributed by atoms with Gasteiger partial charge in [0.2, 0.25) is 0 Å². The highest BCUT2D eigenvalue weighted by Gasteiger charge is 2.34. The van der Waals surface area contributed by atoms with Crippen molar-refractivity contribution in [3.8, 4) is 0 Å². The molecular weight excluding hydrogens is 496 g/mol. The molecule has 1 aliphatic heterocycles. The molecule has 8 heteroatoms. The molecule has 2 heterocycles. The first-order valence-corrected chi connectivity index (χ1v) is 12.6. The second kappa shape index (κ2) is 10.2. The van der Waals surface area contributed by atoms with Gasteiger partial charge in [-0.05, 0) is 41.0 Å². The van der Waals surface area contributed by atoms with Gasteiger partial charge < -0.3 is 9.47 Å². The topological polar surface area (TPSA) is 69.9 Å². The van der Waals surface area contributed by atoms with E-state index in [9.17, 15) is 9.59 Å². The molecule has 6 nitrogen and oxygen atoms in total. The van der Waals surface area contributed by atoms with Gasteiger partial charge in [-0.3, -0.25) is 9.36 Å². The number of fused-ring (bicyclic) bond motifs is 2. The van der Waals surface area contributed by atoms with Crippen LogP contribution in [0.15, 0.2) is 87.8 Å². The van der Waals surface area contributed by atoms with E-state index in [1.54, 1.807) is 17.6 Å². The molecule has 4 aromatic rings. The van der Waals surface area contributed by atoms with Crippen LogP contribution in [0.25, 0.3) is 16.8 Å². The molecule has 182 valence electrons. The SMILES string of the molecule is COCCOC(=O)C1=C(C)N=c2s/c(=C\c3cccc4ccccc34)c(=O)n2[C@H]1c1ccccc1Cl. The average Bonchev–Trinajstić information content (AvgIpc) is 3.18. The third kappa shape index (κ3) is 4.41. The van der Waals surface area contributed by atoms with E-state index in [0.717, 1.165) is 16.3 Å². The summed E-state index contributed by atoms with van der Waals surface area (Å²) in [5, 5.41) is 2.58. The smallest absolute Gasteiger partial charge is 0.338 e. The van der Waals surface area contributed by atoms with Gasteiger partial charge in [0.05, 0.1) is 22.4 Å². The summed E-state index contributed by atoms with van der Waals surface area (Å²) in [4.78, 5) is 32.1. The Morgan fingerprint density at radius 3 is 2.64 bits per heavy atom. The summed E-state index contributed by atoms with van der Waals surface area (Å²) in [7, 11) is 1.53. The maximum absolute atomic E-state index is 13.8. The average molecular weight is 519 g/mol. The lowest BCUT2D eigenvalue weighted by Crippen LogP contribution is -2.40. The molecule has 0 amide bonds. The van der Waals surface area contributed by atoms with E-state index in [1.807, 2.05) is 66.7 Å². The van der Waals surface area contributed by atoms with Crippen LogP contribution in [-0.2, 0) is 14.3 Å². The molecule has 0 fully saturated rings. The number of nitrogens with zero attached hydrogens (tertiary/aromatic N) is 2. The number of aromatic nitrogens is 1. The highest BCUT2D eigenvalue weighted by molar-refractivity contribution is 7.07. The normalized spacial score (nSPS) is 15.6. The standard InChI is InChI=1S/C28H23ClN2O4S/c1-17-24(27(33)35-15-14-34-2)25(21-12-5-6-13-22(21)29)31-26(32)23(36-28(31)30-17)16-19-10-7-9-18-8-3-4-11-20(18)19/h3-13,16,25H,14-15H2,1-2H3/b23-16-/t25-/m0/s1. The van der Waals surface area contributed by atoms with Crippen molar-refractivity contribution in [2.45, 2.75) is 13.0 Å². The van der Waals surface area contributed by atoms with Gasteiger partial charge in [0, 0.05) is 12.1 Å². The lowest BCUT2D eigenvalue weighted by Gasteiger charge is -2.25. The maximum atomic E-state index is 13.8. The quantitative estimate of drug-likeness (QED) is 0.283. The second-order valence-electron chi connectivity index (χ2n) is 8.30. The second-order valence-corrected chi connectivity index (χ2v) is 9.72. The highest BCUT2D eigenvalue weighted by atomic mass is 35.5. The van der Waals surface area contributed by atoms with E-state index < -0.39 is 12.0 Å². The minimum atomic E-state index is -0.764. The van der Waals surface area contributed by atoms with E-state index in [0.29, 0.717) is 25.6 Å². The van der Waals surface area contributed by atoms with Crippen molar-refractivity contribution in [1.29, 1.82) is 0 Å². The Balaban J connectivity index is 1.71. The first-order chi connectivity index (χ1) is 17.5. The summed E-state index contributed by atoms with van der Waals surface area (Å²) < 4.78 is 12.5. The van der Waals surface area contributed by atoms with Crippen LogP contribution in [0, 0.1) is 0 Å². The fraction of sp³-hybridized carbons (Fsp3) is 0.179. The lowest BCUT2D eigenvalue weighted by molar-refractivity contribution is -0.140. The van der Waals surface area contributed by atoms with Crippen LogP contribution >= 0.6 is 22.9 Å². The number of ether oxygens (including phenoxy) is 2. The first-order valence-electron chi connectivity index (χ1n) is 11.4. The summed E-state index contributed by atoms with van der Waals surface area (Å²) in [6.07, 6.45) is 1.88. The number of hydrogen-bond acceptors (Lipinski definition) is 6. The van der Waals surface area contributed by atoms with Crippen molar-refractivity contribution >= 4 is 45.8 Å². The third-order valence-electron chi connectivity index (χ3n) is 6.07. The molecule has 1 aromatic heterocycles. The van der Waals surface area contributed by atoms with Crippen LogP contribution in [0.2, 0.25) is 5.02 Å². The number of carbonyl (C=O) groups is 1. The van der Waals surface area contributed by atoms with Gasteiger partial charge in [-0.15, -0.1) is 0 Å². The molecule has 1 aliphatic rings. The zero-order valence-electron chi connectivity index (χ0n) is 19.7. The van der Waals surface area contributed by atoms with E-state index in [1.165, 1.54) is 18.4 Å². The Morgan fingerprint density at radius 1 is 1.08 bits per heavy atom. The van der Waals surface area contributed by atoms with Gasteiger partial charge in [0.15, 0.2) is 4.80 Å². The molecular formula is C28H23ClN2O4S. The number of hydrogen-bond donors (Lipinski definition) is 0. The molecule has 0 aliphatic carbocycles. The number of thiazole rings is 1. The van der Waals surface area contributed by atoms with Crippen LogP contribution in [0.3, 0.4) is 0 Å². The molecule has 0 bridgehead atoms. The number of allylic oxidation sites excluding steroid dienone is 1. The molecule has 0 saturated heterocycles. The van der Waals surface area contributed by atoms with E-state index >= 15 is 0 Å². The van der Waals surface area contributed by atoms with Crippen molar-refractivity contribution in [3.63, 3.8) is 0 Å². The molecule has 0 radical (unpaired) electrons. The largest absolute Gasteiger partial charge is 0.460 e. The number of rotatable bonds is 6. The highest BCUT2D eigenvalue weighted by Crippen LogP contribution is 2.34. The number of benzene rings is 3. The Morgan fingerprint density at radius 2 is 1.83 bits per heavy atom. The summed E-state index contributed by atoms with van der Waals surface area (Å²) in [5.74, 6) is -0.554. The summed E-state index contributed by atoms with van der Waals surface area (Å²) in [6, 6.07) is 20.5. The predicted molar refractivity (Wildman–Crippen MR) is 142 cm³/mol. The molecule has 0 unspecified atom stereocenters. The van der Waals surface area contributed by atoms with Crippen molar-refractivity contribution in [1.82, 2.24) is 4.57 Å². The number of esters is 1. The zero-order chi connectivity index (χ0) is 25.2. The summed E-state index contributed by atoms with van der Waals surface area (Å²) in [5.41, 5.74) is 2.09. The minimum Gasteiger partial charge on any atom is -0.460 e. The van der Waals surface area contributed by atoms with E-state index in [4.69, 9.17) is 21.1 Å². The van der Waals surface area contributed by atoms with Gasteiger partial charge in [0.1, 0.15) is 12.6 Å². The van der Waals surface area contributed by atoms with Gasteiger partial charge in [-0.1, -0.05) is 83.6 Å². The van der Waals surface area contributed by atoms with E-state index in [2.05, 4.69) is 4.99 Å². The Labute approximate surface area is 216 Å². The minimum absolute atomic E-state index is 0.0901. The Bertz CT molecular complexity index is 1680. The van der Waals surface area contributed by atoms with E-state index in [-0.39, 0.29) is 24.3 Å². The number of methoxy groups -OCH3 is 1. The molecule has 0 N–H and O–H groups in total. The van der Waals surface area contributed by atoms with Gasteiger partial charge in [0.25, 0.3) is 5.56 Å². The Kier molecular flexibility index (Phi) is 6.87. The molecule has 0 spiro atoms. The van der Waals surface area contributed by atoms with Crippen LogP contribution in [0.1, 0.15) is 24.1 Å². The molecule has 0 saturated carbocycles. The van der Waals surface area contributed by atoms with Crippen LogP contribution in [0.5, 0.6) is 0 Å². The lowest BCUT2D eigenvalue weighted by atomic mass is 9.96. The van der Waals surface area contributed by atoms with Gasteiger partial charge in [-0.25, -0.2) is 9.79 Å². The predicted octanol–water partition coefficient (Wildman–Crippen LogP) is 4.23. The third-order valence-corrected chi connectivity index (χ3v) is 7.40. The van der Waals surface area contributed by atoms with Gasteiger partial charge in [-0.2, -0.15) is 0 Å². The molecule has 1 atom stereocenters. The van der Waals surface area contributed by atoms with Crippen molar-refractivity contribution in [3.05, 3.63) is 114 Å². The van der Waals surface area contributed by atoms with Crippen molar-refractivity contribution < 1.29 is 14.3 Å². The van der Waals surface area contributed by atoms with Gasteiger partial charge >= 0.3 is 5.97 Å². The first kappa shape index (κ1) is 24.2. The molecule has 36 heavy (non-hydrogen) atoms. The number of carbonyl (C=O) groups excluding carboxylic acids is 1. The van der Waals surface area contributed by atoms with Crippen LogP contribution < -0.4 is 14.9 Å².